The van der Waals surface area contributed by atoms with Crippen molar-refractivity contribution in [3.05, 3.63) is 24.0 Å². The van der Waals surface area contributed by atoms with Crippen molar-refractivity contribution < 1.29 is 24.5 Å². The minimum atomic E-state index is -1.58. The molecule has 2 rings (SSSR count). The van der Waals surface area contributed by atoms with Crippen LogP contribution in [-0.2, 0) is 0 Å². The fourth-order valence-corrected chi connectivity index (χ4v) is 1.45. The van der Waals surface area contributed by atoms with Gasteiger partial charge in [0.15, 0.2) is 0 Å². The standard InChI is InChI=1S/C9H6FNO4/c10-5-3-1-2-4-6(5)8(13)11(7(4)12)9(14)15/h1-3,12-13H,(H,14,15). The highest BCUT2D eigenvalue weighted by molar-refractivity contribution is 5.97. The van der Waals surface area contributed by atoms with Crippen LogP contribution in [-0.4, -0.2) is 26.0 Å². The summed E-state index contributed by atoms with van der Waals surface area (Å²) >= 11 is 0. The highest BCUT2D eigenvalue weighted by atomic mass is 19.1. The zero-order chi connectivity index (χ0) is 11.2. The predicted octanol–water partition coefficient (Wildman–Crippen LogP) is 1.72. The Kier molecular flexibility index (Phi) is 1.79. The monoisotopic (exact) mass is 211 g/mol. The number of carbonyl (C=O) groups is 1. The summed E-state index contributed by atoms with van der Waals surface area (Å²) in [6, 6.07) is 3.68. The van der Waals surface area contributed by atoms with Gasteiger partial charge in [-0.1, -0.05) is 6.07 Å². The van der Waals surface area contributed by atoms with Gasteiger partial charge in [-0.25, -0.2) is 9.18 Å². The van der Waals surface area contributed by atoms with Crippen LogP contribution in [0.2, 0.25) is 0 Å². The van der Waals surface area contributed by atoms with E-state index in [-0.39, 0.29) is 15.3 Å². The minimum Gasteiger partial charge on any atom is -0.494 e. The molecule has 0 fully saturated rings. The maximum Gasteiger partial charge on any atom is 0.421 e. The first kappa shape index (κ1) is 9.32. The van der Waals surface area contributed by atoms with Gasteiger partial charge in [0.25, 0.3) is 0 Å². The van der Waals surface area contributed by atoms with Crippen LogP contribution >= 0.6 is 0 Å². The number of aromatic nitrogens is 1. The van der Waals surface area contributed by atoms with Crippen molar-refractivity contribution >= 4 is 16.9 Å². The number of fused-ring (bicyclic) bond motifs is 1. The molecular formula is C9H6FNO4. The fourth-order valence-electron chi connectivity index (χ4n) is 1.45. The molecule has 1 aromatic heterocycles. The third kappa shape index (κ3) is 1.11. The van der Waals surface area contributed by atoms with Crippen LogP contribution in [0.5, 0.6) is 11.8 Å². The molecule has 0 saturated heterocycles. The molecule has 0 aliphatic carbocycles. The van der Waals surface area contributed by atoms with E-state index in [0.29, 0.717) is 0 Å². The van der Waals surface area contributed by atoms with Gasteiger partial charge >= 0.3 is 6.09 Å². The van der Waals surface area contributed by atoms with E-state index in [0.717, 1.165) is 6.07 Å². The number of aromatic hydroxyl groups is 2. The Morgan fingerprint density at radius 3 is 2.47 bits per heavy atom. The average molecular weight is 211 g/mol. The molecule has 0 atom stereocenters. The number of benzene rings is 1. The fraction of sp³-hybridized carbons (Fsp3) is 0. The van der Waals surface area contributed by atoms with Crippen LogP contribution in [0.3, 0.4) is 0 Å². The number of nitrogens with zero attached hydrogens (tertiary/aromatic N) is 1. The molecule has 78 valence electrons. The lowest BCUT2D eigenvalue weighted by atomic mass is 10.2. The summed E-state index contributed by atoms with van der Waals surface area (Å²) in [5, 5.41) is 27.1. The third-order valence-electron chi connectivity index (χ3n) is 2.09. The van der Waals surface area contributed by atoms with Crippen molar-refractivity contribution in [2.75, 3.05) is 0 Å². The first-order chi connectivity index (χ1) is 7.04. The zero-order valence-corrected chi connectivity index (χ0v) is 7.31. The molecule has 0 radical (unpaired) electrons. The minimum absolute atomic E-state index is 0.0464. The molecule has 5 nitrogen and oxygen atoms in total. The van der Waals surface area contributed by atoms with Gasteiger partial charge in [-0.3, -0.25) is 0 Å². The Balaban J connectivity index is 2.98. The second kappa shape index (κ2) is 2.88. The molecule has 0 aliphatic rings. The number of hydrogen-bond donors (Lipinski definition) is 3. The van der Waals surface area contributed by atoms with Crippen LogP contribution in [0.25, 0.3) is 10.8 Å². The number of halogens is 1. The normalized spacial score (nSPS) is 10.7. The van der Waals surface area contributed by atoms with Gasteiger partial charge in [0, 0.05) is 0 Å². The predicted molar refractivity (Wildman–Crippen MR) is 48.6 cm³/mol. The van der Waals surface area contributed by atoms with Crippen LogP contribution in [0.15, 0.2) is 18.2 Å². The van der Waals surface area contributed by atoms with Crippen molar-refractivity contribution in [1.82, 2.24) is 4.57 Å². The molecule has 15 heavy (non-hydrogen) atoms. The highest BCUT2D eigenvalue weighted by Gasteiger charge is 2.22. The lowest BCUT2D eigenvalue weighted by Gasteiger charge is -1.97. The highest BCUT2D eigenvalue weighted by Crippen LogP contribution is 2.37. The van der Waals surface area contributed by atoms with Crippen LogP contribution in [0, 0.1) is 5.82 Å². The molecule has 0 amide bonds. The van der Waals surface area contributed by atoms with Gasteiger partial charge in [-0.05, 0) is 12.1 Å². The van der Waals surface area contributed by atoms with E-state index in [9.17, 15) is 19.4 Å². The van der Waals surface area contributed by atoms with Gasteiger partial charge in [0.1, 0.15) is 5.82 Å². The lowest BCUT2D eigenvalue weighted by Crippen LogP contribution is -2.05. The number of rotatable bonds is 0. The molecule has 1 heterocycles. The van der Waals surface area contributed by atoms with Crippen molar-refractivity contribution in [3.8, 4) is 11.8 Å². The van der Waals surface area contributed by atoms with Crippen molar-refractivity contribution in [3.63, 3.8) is 0 Å². The molecule has 2 aromatic rings. The van der Waals surface area contributed by atoms with Crippen LogP contribution in [0.4, 0.5) is 9.18 Å². The van der Waals surface area contributed by atoms with Crippen LogP contribution < -0.4 is 0 Å². The lowest BCUT2D eigenvalue weighted by molar-refractivity contribution is 0.190. The molecule has 0 aliphatic heterocycles. The molecule has 0 spiro atoms. The zero-order valence-electron chi connectivity index (χ0n) is 7.31. The molecule has 1 aromatic carbocycles. The first-order valence-electron chi connectivity index (χ1n) is 3.98. The van der Waals surface area contributed by atoms with E-state index in [1.807, 2.05) is 0 Å². The van der Waals surface area contributed by atoms with Gasteiger partial charge in [0.05, 0.1) is 10.8 Å². The number of hydrogen-bond acceptors (Lipinski definition) is 3. The summed E-state index contributed by atoms with van der Waals surface area (Å²) in [5.74, 6) is -2.32. The Bertz CT molecular complexity index is 561. The molecule has 0 bridgehead atoms. The second-order valence-electron chi connectivity index (χ2n) is 2.93. The van der Waals surface area contributed by atoms with Gasteiger partial charge in [-0.2, -0.15) is 4.57 Å². The Hall–Kier alpha value is -2.24. The molecule has 0 unspecified atom stereocenters. The SMILES string of the molecule is O=C(O)n1c(O)c2cccc(F)c2c1O. The molecule has 6 heteroatoms. The van der Waals surface area contributed by atoms with E-state index in [1.165, 1.54) is 12.1 Å². The van der Waals surface area contributed by atoms with E-state index < -0.39 is 23.7 Å². The maximum absolute atomic E-state index is 13.2. The van der Waals surface area contributed by atoms with Gasteiger partial charge < -0.3 is 15.3 Å². The van der Waals surface area contributed by atoms with E-state index in [4.69, 9.17) is 5.11 Å². The second-order valence-corrected chi connectivity index (χ2v) is 2.93. The number of carboxylic acid groups (broad SMARTS) is 1. The van der Waals surface area contributed by atoms with E-state index in [1.54, 1.807) is 0 Å². The summed E-state index contributed by atoms with van der Waals surface area (Å²) in [7, 11) is 0. The first-order valence-corrected chi connectivity index (χ1v) is 3.98. The molecule has 0 saturated carbocycles. The average Bonchev–Trinajstić information content (AvgIpc) is 2.40. The van der Waals surface area contributed by atoms with Crippen molar-refractivity contribution in [2.45, 2.75) is 0 Å². The Morgan fingerprint density at radius 1 is 1.27 bits per heavy atom. The van der Waals surface area contributed by atoms with E-state index >= 15 is 0 Å². The van der Waals surface area contributed by atoms with Crippen molar-refractivity contribution in [2.24, 2.45) is 0 Å². The largest absolute Gasteiger partial charge is 0.494 e. The summed E-state index contributed by atoms with van der Waals surface area (Å²) in [5.41, 5.74) is 0. The topological polar surface area (TPSA) is 82.7 Å². The quantitative estimate of drug-likeness (QED) is 0.619. The summed E-state index contributed by atoms with van der Waals surface area (Å²) < 4.78 is 13.4. The summed E-state index contributed by atoms with van der Waals surface area (Å²) in [4.78, 5) is 10.6. The van der Waals surface area contributed by atoms with E-state index in [2.05, 4.69) is 0 Å². The van der Waals surface area contributed by atoms with Crippen molar-refractivity contribution in [1.29, 1.82) is 0 Å². The maximum atomic E-state index is 13.2. The third-order valence-corrected chi connectivity index (χ3v) is 2.09. The van der Waals surface area contributed by atoms with Gasteiger partial charge in [-0.15, -0.1) is 0 Å². The summed E-state index contributed by atoms with van der Waals surface area (Å²) in [6.07, 6.45) is -1.58. The smallest absolute Gasteiger partial charge is 0.421 e. The molecular weight excluding hydrogens is 205 g/mol. The Labute approximate surface area is 82.6 Å². The summed E-state index contributed by atoms with van der Waals surface area (Å²) in [6.45, 7) is 0. The Morgan fingerprint density at radius 2 is 1.93 bits per heavy atom. The van der Waals surface area contributed by atoms with Crippen LogP contribution in [0.1, 0.15) is 0 Å². The molecule has 3 N–H and O–H groups in total. The van der Waals surface area contributed by atoms with Gasteiger partial charge in [0.2, 0.25) is 11.8 Å².